The van der Waals surface area contributed by atoms with Crippen LogP contribution in [0.1, 0.15) is 25.7 Å². The van der Waals surface area contributed by atoms with Crippen LogP contribution in [0, 0.1) is 22.6 Å². The normalized spacial score (nSPS) is 16.7. The molecule has 2 aromatic rings. The maximum Gasteiger partial charge on any atom is 0.172 e. The van der Waals surface area contributed by atoms with Gasteiger partial charge in [0.1, 0.15) is 5.82 Å². The number of nitrogens with zero attached hydrogens (tertiary/aromatic N) is 3. The predicted molar refractivity (Wildman–Crippen MR) is 91.6 cm³/mol. The number of nitriles is 1. The standard InChI is InChI=1S/C18H20FN3OS/c19-15-3-1-4-16(13-15)22-9-8-21-17(22)24-12-2-5-18(14-20)6-10-23-11-7-18/h1,3-4,8-9,13H,2,5-7,10-12H2. The molecule has 126 valence electrons. The molecule has 0 unspecified atom stereocenters. The van der Waals surface area contributed by atoms with E-state index in [4.69, 9.17) is 4.74 Å². The molecule has 1 aromatic heterocycles. The van der Waals surface area contributed by atoms with Gasteiger partial charge in [0.15, 0.2) is 5.16 Å². The van der Waals surface area contributed by atoms with Gasteiger partial charge in [0, 0.05) is 31.4 Å². The molecular weight excluding hydrogens is 325 g/mol. The molecule has 0 radical (unpaired) electrons. The summed E-state index contributed by atoms with van der Waals surface area (Å²) >= 11 is 1.64. The van der Waals surface area contributed by atoms with Crippen molar-refractivity contribution in [1.82, 2.24) is 9.55 Å². The van der Waals surface area contributed by atoms with Gasteiger partial charge >= 0.3 is 0 Å². The molecule has 4 nitrogen and oxygen atoms in total. The van der Waals surface area contributed by atoms with Gasteiger partial charge in [-0.05, 0) is 43.9 Å². The summed E-state index contributed by atoms with van der Waals surface area (Å²) < 4.78 is 20.7. The van der Waals surface area contributed by atoms with Crippen LogP contribution in [0.4, 0.5) is 4.39 Å². The molecule has 0 spiro atoms. The van der Waals surface area contributed by atoms with E-state index < -0.39 is 0 Å². The van der Waals surface area contributed by atoms with Gasteiger partial charge in [-0.15, -0.1) is 0 Å². The third-order valence-electron chi connectivity index (χ3n) is 4.41. The third kappa shape index (κ3) is 3.97. The maximum atomic E-state index is 13.4. The van der Waals surface area contributed by atoms with Crippen LogP contribution >= 0.6 is 11.8 Å². The zero-order valence-corrected chi connectivity index (χ0v) is 14.3. The van der Waals surface area contributed by atoms with Crippen molar-refractivity contribution in [3.63, 3.8) is 0 Å². The summed E-state index contributed by atoms with van der Waals surface area (Å²) in [5, 5.41) is 10.3. The number of thioether (sulfide) groups is 1. The molecule has 1 saturated heterocycles. The van der Waals surface area contributed by atoms with E-state index in [-0.39, 0.29) is 11.2 Å². The van der Waals surface area contributed by atoms with Crippen molar-refractivity contribution >= 4 is 11.8 Å². The highest BCUT2D eigenvalue weighted by Crippen LogP contribution is 2.35. The summed E-state index contributed by atoms with van der Waals surface area (Å²) in [6.07, 6.45) is 7.06. The van der Waals surface area contributed by atoms with Crippen molar-refractivity contribution in [3.8, 4) is 11.8 Å². The van der Waals surface area contributed by atoms with Crippen molar-refractivity contribution in [3.05, 3.63) is 42.5 Å². The minimum atomic E-state index is -0.257. The molecule has 1 fully saturated rings. The fourth-order valence-electron chi connectivity index (χ4n) is 2.97. The number of hydrogen-bond acceptors (Lipinski definition) is 4. The summed E-state index contributed by atoms with van der Waals surface area (Å²) in [7, 11) is 0. The number of halogens is 1. The maximum absolute atomic E-state index is 13.4. The van der Waals surface area contributed by atoms with Gasteiger partial charge in [0.2, 0.25) is 0 Å². The molecule has 0 atom stereocenters. The monoisotopic (exact) mass is 345 g/mol. The van der Waals surface area contributed by atoms with E-state index in [1.165, 1.54) is 12.1 Å². The van der Waals surface area contributed by atoms with Gasteiger partial charge in [0.25, 0.3) is 0 Å². The van der Waals surface area contributed by atoms with E-state index in [9.17, 15) is 9.65 Å². The zero-order chi connectivity index (χ0) is 16.8. The molecule has 0 N–H and O–H groups in total. The van der Waals surface area contributed by atoms with Crippen molar-refractivity contribution in [2.24, 2.45) is 5.41 Å². The number of hydrogen-bond donors (Lipinski definition) is 0. The highest BCUT2D eigenvalue weighted by atomic mass is 32.2. The molecule has 1 aliphatic heterocycles. The van der Waals surface area contributed by atoms with Crippen molar-refractivity contribution in [2.75, 3.05) is 19.0 Å². The highest BCUT2D eigenvalue weighted by Gasteiger charge is 2.31. The van der Waals surface area contributed by atoms with Crippen LogP contribution in [0.2, 0.25) is 0 Å². The minimum absolute atomic E-state index is 0.225. The Kier molecular flexibility index (Phi) is 5.54. The Bertz CT molecular complexity index is 719. The molecule has 0 amide bonds. The smallest absolute Gasteiger partial charge is 0.172 e. The summed E-state index contributed by atoms with van der Waals surface area (Å²) in [6.45, 7) is 1.37. The highest BCUT2D eigenvalue weighted by molar-refractivity contribution is 7.99. The first-order chi connectivity index (χ1) is 11.7. The summed E-state index contributed by atoms with van der Waals surface area (Å²) in [4.78, 5) is 4.36. The van der Waals surface area contributed by atoms with Crippen LogP contribution in [-0.2, 0) is 4.74 Å². The quantitative estimate of drug-likeness (QED) is 0.581. The van der Waals surface area contributed by atoms with Crippen LogP contribution in [0.3, 0.4) is 0 Å². The van der Waals surface area contributed by atoms with Crippen LogP contribution in [-0.4, -0.2) is 28.5 Å². The molecule has 3 rings (SSSR count). The second-order valence-corrected chi connectivity index (χ2v) is 7.08. The molecule has 0 saturated carbocycles. The third-order valence-corrected chi connectivity index (χ3v) is 5.46. The average molecular weight is 345 g/mol. The molecule has 0 bridgehead atoms. The van der Waals surface area contributed by atoms with Gasteiger partial charge in [0.05, 0.1) is 17.2 Å². The Morgan fingerprint density at radius 1 is 1.38 bits per heavy atom. The number of benzene rings is 1. The average Bonchev–Trinajstić information content (AvgIpc) is 3.08. The lowest BCUT2D eigenvalue weighted by Crippen LogP contribution is -2.28. The van der Waals surface area contributed by atoms with Gasteiger partial charge < -0.3 is 4.74 Å². The first-order valence-electron chi connectivity index (χ1n) is 8.14. The van der Waals surface area contributed by atoms with Gasteiger partial charge in [-0.1, -0.05) is 17.8 Å². The van der Waals surface area contributed by atoms with E-state index in [2.05, 4.69) is 11.1 Å². The molecule has 6 heteroatoms. The summed E-state index contributed by atoms with van der Waals surface area (Å²) in [5.41, 5.74) is 0.546. The van der Waals surface area contributed by atoms with E-state index in [1.807, 2.05) is 16.8 Å². The number of rotatable bonds is 6. The number of aromatic nitrogens is 2. The Hall–Kier alpha value is -1.84. The van der Waals surface area contributed by atoms with Crippen molar-refractivity contribution in [2.45, 2.75) is 30.8 Å². The first kappa shape index (κ1) is 17.0. The summed E-state index contributed by atoms with van der Waals surface area (Å²) in [5.74, 6) is 0.629. The Morgan fingerprint density at radius 2 is 2.21 bits per heavy atom. The van der Waals surface area contributed by atoms with E-state index in [0.717, 1.165) is 42.3 Å². The molecule has 2 heterocycles. The predicted octanol–water partition coefficient (Wildman–Crippen LogP) is 4.20. The Balaban J connectivity index is 1.56. The van der Waals surface area contributed by atoms with Gasteiger partial charge in [-0.2, -0.15) is 5.26 Å². The number of ether oxygens (including phenoxy) is 1. The minimum Gasteiger partial charge on any atom is -0.381 e. The fraction of sp³-hybridized carbons (Fsp3) is 0.444. The van der Waals surface area contributed by atoms with Crippen LogP contribution < -0.4 is 0 Å². The Labute approximate surface area is 145 Å². The zero-order valence-electron chi connectivity index (χ0n) is 13.4. The van der Waals surface area contributed by atoms with Gasteiger partial charge in [-0.3, -0.25) is 4.57 Å². The van der Waals surface area contributed by atoms with E-state index in [1.54, 1.807) is 24.0 Å². The van der Waals surface area contributed by atoms with Crippen molar-refractivity contribution in [1.29, 1.82) is 5.26 Å². The molecular formula is C18H20FN3OS. The first-order valence-corrected chi connectivity index (χ1v) is 9.12. The molecule has 0 aliphatic carbocycles. The van der Waals surface area contributed by atoms with Gasteiger partial charge in [-0.25, -0.2) is 9.37 Å². The summed E-state index contributed by atoms with van der Waals surface area (Å²) in [6, 6.07) is 8.99. The SMILES string of the molecule is N#CC1(CCCSc2nccn2-c2cccc(F)c2)CCOCC1. The van der Waals surface area contributed by atoms with Crippen LogP contribution in [0.25, 0.3) is 5.69 Å². The second-order valence-electron chi connectivity index (χ2n) is 6.02. The lowest BCUT2D eigenvalue weighted by Gasteiger charge is -2.30. The van der Waals surface area contributed by atoms with Crippen LogP contribution in [0.15, 0.2) is 41.8 Å². The topological polar surface area (TPSA) is 50.8 Å². The lowest BCUT2D eigenvalue weighted by molar-refractivity contribution is 0.0368. The molecule has 1 aromatic carbocycles. The lowest BCUT2D eigenvalue weighted by atomic mass is 9.78. The Morgan fingerprint density at radius 3 is 2.96 bits per heavy atom. The van der Waals surface area contributed by atoms with Crippen LogP contribution in [0.5, 0.6) is 0 Å². The van der Waals surface area contributed by atoms with Crippen molar-refractivity contribution < 1.29 is 9.13 Å². The largest absolute Gasteiger partial charge is 0.381 e. The van der Waals surface area contributed by atoms with E-state index >= 15 is 0 Å². The molecule has 24 heavy (non-hydrogen) atoms. The molecule has 1 aliphatic rings. The fourth-order valence-corrected chi connectivity index (χ4v) is 3.88. The number of imidazole rings is 1. The second kappa shape index (κ2) is 7.82. The van der Waals surface area contributed by atoms with E-state index in [0.29, 0.717) is 13.2 Å².